The van der Waals surface area contributed by atoms with E-state index < -0.39 is 0 Å². The third-order valence-corrected chi connectivity index (χ3v) is 4.42. The fourth-order valence-electron chi connectivity index (χ4n) is 1.64. The van der Waals surface area contributed by atoms with Crippen LogP contribution in [0.1, 0.15) is 0 Å². The smallest absolute Gasteiger partial charge is 0.174 e. The number of thioether (sulfide) groups is 1. The van der Waals surface area contributed by atoms with E-state index in [0.29, 0.717) is 5.75 Å². The van der Waals surface area contributed by atoms with Gasteiger partial charge in [0, 0.05) is 38.5 Å². The molecule has 16 heavy (non-hydrogen) atoms. The van der Waals surface area contributed by atoms with Crippen LogP contribution < -0.4 is 5.32 Å². The van der Waals surface area contributed by atoms with E-state index in [1.54, 1.807) is 17.3 Å². The van der Waals surface area contributed by atoms with Gasteiger partial charge in [-0.15, -0.1) is 10.2 Å². The number of hydrogen-bond acceptors (Lipinski definition) is 7. The Hall–Kier alpha value is -0.210. The number of aromatic nitrogens is 2. The standard InChI is InChI=1S/C9H16N4OS2/c14-8(5-13-3-1-10-2-4-13)6-15-9-12-11-7-16-9/h7-8,10,14H,1-6H2. The van der Waals surface area contributed by atoms with Gasteiger partial charge < -0.3 is 10.4 Å². The predicted molar refractivity (Wildman–Crippen MR) is 65.9 cm³/mol. The number of nitrogens with one attached hydrogen (secondary N) is 1. The summed E-state index contributed by atoms with van der Waals surface area (Å²) < 4.78 is 0.930. The van der Waals surface area contributed by atoms with E-state index in [0.717, 1.165) is 37.1 Å². The van der Waals surface area contributed by atoms with E-state index in [9.17, 15) is 5.11 Å². The molecule has 1 fully saturated rings. The molecule has 1 aliphatic rings. The summed E-state index contributed by atoms with van der Waals surface area (Å²) in [5.41, 5.74) is 1.71. The fourth-order valence-corrected chi connectivity index (χ4v) is 3.07. The van der Waals surface area contributed by atoms with Crippen molar-refractivity contribution >= 4 is 23.1 Å². The van der Waals surface area contributed by atoms with Crippen molar-refractivity contribution in [2.75, 3.05) is 38.5 Å². The molecular formula is C9H16N4OS2. The molecule has 0 aliphatic carbocycles. The largest absolute Gasteiger partial charge is 0.391 e. The minimum absolute atomic E-state index is 0.285. The van der Waals surface area contributed by atoms with E-state index in [2.05, 4.69) is 20.4 Å². The zero-order chi connectivity index (χ0) is 11.2. The van der Waals surface area contributed by atoms with Crippen molar-refractivity contribution in [2.45, 2.75) is 10.4 Å². The average molecular weight is 260 g/mol. The van der Waals surface area contributed by atoms with Gasteiger partial charge in [0.25, 0.3) is 0 Å². The first-order valence-electron chi connectivity index (χ1n) is 5.34. The highest BCUT2D eigenvalue weighted by molar-refractivity contribution is 8.01. The molecule has 7 heteroatoms. The van der Waals surface area contributed by atoms with Crippen molar-refractivity contribution in [1.29, 1.82) is 0 Å². The zero-order valence-electron chi connectivity index (χ0n) is 9.00. The second-order valence-corrected chi connectivity index (χ2v) is 5.82. The highest BCUT2D eigenvalue weighted by Crippen LogP contribution is 2.19. The van der Waals surface area contributed by atoms with Crippen molar-refractivity contribution in [3.63, 3.8) is 0 Å². The van der Waals surface area contributed by atoms with Crippen LogP contribution in [0.25, 0.3) is 0 Å². The Morgan fingerprint density at radius 2 is 2.38 bits per heavy atom. The van der Waals surface area contributed by atoms with Gasteiger partial charge in [-0.1, -0.05) is 23.1 Å². The maximum absolute atomic E-state index is 9.87. The first-order valence-corrected chi connectivity index (χ1v) is 7.21. The summed E-state index contributed by atoms with van der Waals surface area (Å²) in [6, 6.07) is 0. The first-order chi connectivity index (χ1) is 7.84. The van der Waals surface area contributed by atoms with Crippen molar-refractivity contribution in [1.82, 2.24) is 20.4 Å². The Bertz CT molecular complexity index is 290. The lowest BCUT2D eigenvalue weighted by molar-refractivity contribution is 0.121. The Morgan fingerprint density at radius 3 is 3.06 bits per heavy atom. The average Bonchev–Trinajstić information content (AvgIpc) is 2.81. The predicted octanol–water partition coefficient (Wildman–Crippen LogP) is -0.104. The number of aliphatic hydroxyl groups is 1. The number of hydrogen-bond donors (Lipinski definition) is 2. The minimum atomic E-state index is -0.285. The van der Waals surface area contributed by atoms with Crippen molar-refractivity contribution in [3.05, 3.63) is 5.51 Å². The molecule has 2 heterocycles. The second-order valence-electron chi connectivity index (χ2n) is 3.72. The third kappa shape index (κ3) is 3.99. The fraction of sp³-hybridized carbons (Fsp3) is 0.778. The molecule has 5 nitrogen and oxygen atoms in total. The molecule has 0 bridgehead atoms. The molecule has 1 aromatic heterocycles. The van der Waals surface area contributed by atoms with E-state index in [1.165, 1.54) is 11.3 Å². The summed E-state index contributed by atoms with van der Waals surface area (Å²) in [5.74, 6) is 0.694. The molecule has 0 radical (unpaired) electrons. The summed E-state index contributed by atoms with van der Waals surface area (Å²) >= 11 is 3.09. The van der Waals surface area contributed by atoms with Gasteiger partial charge in [-0.3, -0.25) is 4.90 Å². The van der Waals surface area contributed by atoms with Gasteiger partial charge in [0.05, 0.1) is 6.10 Å². The van der Waals surface area contributed by atoms with Crippen molar-refractivity contribution in [2.24, 2.45) is 0 Å². The molecule has 0 amide bonds. The first kappa shape index (κ1) is 12.3. The van der Waals surface area contributed by atoms with Crippen LogP contribution in [0.15, 0.2) is 9.85 Å². The molecule has 1 unspecified atom stereocenters. The normalized spacial score (nSPS) is 19.8. The summed E-state index contributed by atoms with van der Waals surface area (Å²) in [7, 11) is 0. The van der Waals surface area contributed by atoms with Crippen LogP contribution in [0, 0.1) is 0 Å². The Morgan fingerprint density at radius 1 is 1.56 bits per heavy atom. The quantitative estimate of drug-likeness (QED) is 0.721. The van der Waals surface area contributed by atoms with Gasteiger partial charge in [-0.2, -0.15) is 0 Å². The summed E-state index contributed by atoms with van der Waals surface area (Å²) in [6.45, 7) is 4.86. The molecule has 1 saturated heterocycles. The number of piperazine rings is 1. The maximum atomic E-state index is 9.87. The number of β-amino-alcohol motifs (C(OH)–C–C–N with tert-alkyl or cyclic N) is 1. The molecular weight excluding hydrogens is 244 g/mol. The van der Waals surface area contributed by atoms with Crippen molar-refractivity contribution in [3.8, 4) is 0 Å². The highest BCUT2D eigenvalue weighted by Gasteiger charge is 2.14. The number of nitrogens with zero attached hydrogens (tertiary/aromatic N) is 3. The van der Waals surface area contributed by atoms with Crippen molar-refractivity contribution < 1.29 is 5.11 Å². The number of aliphatic hydroxyl groups excluding tert-OH is 1. The lowest BCUT2D eigenvalue weighted by Gasteiger charge is -2.28. The molecule has 1 aromatic rings. The van der Waals surface area contributed by atoms with E-state index in [1.807, 2.05) is 0 Å². The van der Waals surface area contributed by atoms with Crippen LogP contribution in [0.3, 0.4) is 0 Å². The number of rotatable bonds is 5. The molecule has 90 valence electrons. The van der Waals surface area contributed by atoms with Crippen LogP contribution >= 0.6 is 23.1 Å². The van der Waals surface area contributed by atoms with E-state index in [4.69, 9.17) is 0 Å². The van der Waals surface area contributed by atoms with Gasteiger partial charge in [0.2, 0.25) is 0 Å². The van der Waals surface area contributed by atoms with E-state index >= 15 is 0 Å². The minimum Gasteiger partial charge on any atom is -0.391 e. The Balaban J connectivity index is 1.65. The molecule has 0 saturated carbocycles. The van der Waals surface area contributed by atoms with Crippen LogP contribution in [0.2, 0.25) is 0 Å². The molecule has 0 aromatic carbocycles. The van der Waals surface area contributed by atoms with Gasteiger partial charge in [-0.25, -0.2) is 0 Å². The maximum Gasteiger partial charge on any atom is 0.174 e. The Kier molecular flexibility index (Phi) is 4.98. The second kappa shape index (κ2) is 6.51. The third-order valence-electron chi connectivity index (χ3n) is 2.42. The zero-order valence-corrected chi connectivity index (χ0v) is 10.6. The summed E-state index contributed by atoms with van der Waals surface area (Å²) in [6.07, 6.45) is -0.285. The lowest BCUT2D eigenvalue weighted by atomic mass is 10.3. The summed E-state index contributed by atoms with van der Waals surface area (Å²) in [4.78, 5) is 2.29. The molecule has 0 spiro atoms. The SMILES string of the molecule is OC(CSc1nncs1)CN1CCNCC1. The van der Waals surface area contributed by atoms with Crippen LogP contribution in [-0.4, -0.2) is 64.8 Å². The van der Waals surface area contributed by atoms with E-state index in [-0.39, 0.29) is 6.10 Å². The molecule has 1 aliphatic heterocycles. The molecule has 1 atom stereocenters. The summed E-state index contributed by atoms with van der Waals surface area (Å²) in [5, 5.41) is 20.9. The van der Waals surface area contributed by atoms with Crippen LogP contribution in [-0.2, 0) is 0 Å². The van der Waals surface area contributed by atoms with Gasteiger partial charge in [0.1, 0.15) is 5.51 Å². The monoisotopic (exact) mass is 260 g/mol. The highest BCUT2D eigenvalue weighted by atomic mass is 32.2. The molecule has 2 rings (SSSR count). The van der Waals surface area contributed by atoms with Gasteiger partial charge in [0.15, 0.2) is 4.34 Å². The van der Waals surface area contributed by atoms with Crippen LogP contribution in [0.4, 0.5) is 0 Å². The Labute approximate surface area is 103 Å². The van der Waals surface area contributed by atoms with Gasteiger partial charge in [-0.05, 0) is 0 Å². The molecule has 2 N–H and O–H groups in total. The lowest BCUT2D eigenvalue weighted by Crippen LogP contribution is -2.46. The van der Waals surface area contributed by atoms with Crippen LogP contribution in [0.5, 0.6) is 0 Å². The topological polar surface area (TPSA) is 61.3 Å². The van der Waals surface area contributed by atoms with Gasteiger partial charge >= 0.3 is 0 Å².